The van der Waals surface area contributed by atoms with Crippen LogP contribution in [0.4, 0.5) is 10.1 Å². The zero-order valence-electron chi connectivity index (χ0n) is 11.0. The molecule has 1 heterocycles. The van der Waals surface area contributed by atoms with Gasteiger partial charge in [0, 0.05) is 22.1 Å². The van der Waals surface area contributed by atoms with Crippen LogP contribution in [0.25, 0.3) is 0 Å². The van der Waals surface area contributed by atoms with E-state index in [1.165, 1.54) is 12.1 Å². The first-order chi connectivity index (χ1) is 10.0. The lowest BCUT2D eigenvalue weighted by Crippen LogP contribution is -2.20. The Morgan fingerprint density at radius 2 is 1.86 bits per heavy atom. The van der Waals surface area contributed by atoms with Gasteiger partial charge in [0.15, 0.2) is 5.78 Å². The minimum Gasteiger partial charge on any atom is -0.326 e. The highest BCUT2D eigenvalue weighted by Crippen LogP contribution is 2.27. The van der Waals surface area contributed by atoms with Gasteiger partial charge >= 0.3 is 0 Å². The second kappa shape index (κ2) is 5.41. The standard InChI is InChI=1S/C16H11BrFNO2/c17-11-4-1-9(2-5-11)16(21)12-7-10-3-6-15(20)19-14(10)8-13(12)18/h1-2,4-5,7-8H,3,6H2,(H,19,20). The normalized spacial score (nSPS) is 13.5. The molecule has 5 heteroatoms. The quantitative estimate of drug-likeness (QED) is 0.842. The van der Waals surface area contributed by atoms with Crippen molar-refractivity contribution in [3.63, 3.8) is 0 Å². The van der Waals surface area contributed by atoms with E-state index in [1.807, 2.05) is 0 Å². The number of halogens is 2. The van der Waals surface area contributed by atoms with E-state index in [2.05, 4.69) is 21.2 Å². The van der Waals surface area contributed by atoms with Gasteiger partial charge in [0.25, 0.3) is 0 Å². The maximum absolute atomic E-state index is 14.1. The molecule has 0 saturated heterocycles. The van der Waals surface area contributed by atoms with Crippen LogP contribution in [0.15, 0.2) is 40.9 Å². The largest absolute Gasteiger partial charge is 0.326 e. The molecule has 0 saturated carbocycles. The van der Waals surface area contributed by atoms with E-state index in [0.29, 0.717) is 24.1 Å². The number of carbonyl (C=O) groups is 2. The number of hydrogen-bond donors (Lipinski definition) is 1. The number of rotatable bonds is 2. The van der Waals surface area contributed by atoms with Crippen LogP contribution in [0.1, 0.15) is 27.9 Å². The van der Waals surface area contributed by atoms with Crippen LogP contribution in [0, 0.1) is 5.82 Å². The summed E-state index contributed by atoms with van der Waals surface area (Å²) < 4.78 is 15.0. The minimum absolute atomic E-state index is 0.0345. The molecule has 0 atom stereocenters. The Bertz CT molecular complexity index is 741. The van der Waals surface area contributed by atoms with Gasteiger partial charge in [-0.2, -0.15) is 0 Å². The molecule has 0 radical (unpaired) electrons. The Morgan fingerprint density at radius 3 is 2.57 bits per heavy atom. The van der Waals surface area contributed by atoms with Crippen molar-refractivity contribution in [1.29, 1.82) is 0 Å². The Labute approximate surface area is 129 Å². The first-order valence-corrected chi connectivity index (χ1v) is 7.26. The number of nitrogens with one attached hydrogen (secondary N) is 1. The number of aryl methyl sites for hydroxylation is 1. The summed E-state index contributed by atoms with van der Waals surface area (Å²) in [5.41, 5.74) is 1.71. The lowest BCUT2D eigenvalue weighted by Gasteiger charge is -2.18. The molecular weight excluding hydrogens is 337 g/mol. The molecule has 1 amide bonds. The lowest BCUT2D eigenvalue weighted by molar-refractivity contribution is -0.116. The molecule has 3 nitrogen and oxygen atoms in total. The Kier molecular flexibility index (Phi) is 3.59. The van der Waals surface area contributed by atoms with Gasteiger partial charge < -0.3 is 5.32 Å². The summed E-state index contributed by atoms with van der Waals surface area (Å²) in [5.74, 6) is -1.11. The van der Waals surface area contributed by atoms with Crippen molar-refractivity contribution in [2.75, 3.05) is 5.32 Å². The maximum atomic E-state index is 14.1. The van der Waals surface area contributed by atoms with Crippen LogP contribution in [0.5, 0.6) is 0 Å². The molecule has 1 N–H and O–H groups in total. The van der Waals surface area contributed by atoms with Crippen LogP contribution in [-0.4, -0.2) is 11.7 Å². The van der Waals surface area contributed by atoms with E-state index in [0.717, 1.165) is 10.0 Å². The number of carbonyl (C=O) groups excluding carboxylic acids is 2. The van der Waals surface area contributed by atoms with Crippen molar-refractivity contribution in [3.8, 4) is 0 Å². The van der Waals surface area contributed by atoms with E-state index in [-0.39, 0.29) is 17.3 Å². The monoisotopic (exact) mass is 347 g/mol. The first-order valence-electron chi connectivity index (χ1n) is 6.47. The lowest BCUT2D eigenvalue weighted by atomic mass is 9.96. The second-order valence-corrected chi connectivity index (χ2v) is 5.79. The number of ketones is 1. The van der Waals surface area contributed by atoms with E-state index in [9.17, 15) is 14.0 Å². The van der Waals surface area contributed by atoms with Gasteiger partial charge in [0.05, 0.1) is 5.56 Å². The Hall–Kier alpha value is -2.01. The van der Waals surface area contributed by atoms with Gasteiger partial charge in [-0.15, -0.1) is 0 Å². The Balaban J connectivity index is 2.01. The SMILES string of the molecule is O=C1CCc2cc(C(=O)c3ccc(Br)cc3)c(F)cc2N1. The zero-order valence-corrected chi connectivity index (χ0v) is 12.5. The summed E-state index contributed by atoms with van der Waals surface area (Å²) in [5, 5.41) is 2.62. The van der Waals surface area contributed by atoms with Gasteiger partial charge in [0.2, 0.25) is 5.91 Å². The third-order valence-electron chi connectivity index (χ3n) is 3.44. The van der Waals surface area contributed by atoms with Crippen LogP contribution in [0.3, 0.4) is 0 Å². The summed E-state index contributed by atoms with van der Waals surface area (Å²) in [7, 11) is 0. The number of anilines is 1. The van der Waals surface area contributed by atoms with Crippen LogP contribution >= 0.6 is 15.9 Å². The average molecular weight is 348 g/mol. The highest BCUT2D eigenvalue weighted by atomic mass is 79.9. The summed E-state index contributed by atoms with van der Waals surface area (Å²) >= 11 is 3.29. The Morgan fingerprint density at radius 1 is 1.14 bits per heavy atom. The average Bonchev–Trinajstić information content (AvgIpc) is 2.46. The molecule has 1 aliphatic heterocycles. The maximum Gasteiger partial charge on any atom is 0.224 e. The third-order valence-corrected chi connectivity index (χ3v) is 3.97. The summed E-state index contributed by atoms with van der Waals surface area (Å²) in [6.07, 6.45) is 0.868. The molecule has 0 spiro atoms. The molecule has 3 rings (SSSR count). The summed E-state index contributed by atoms with van der Waals surface area (Å²) in [4.78, 5) is 23.7. The zero-order chi connectivity index (χ0) is 15.0. The molecular formula is C16H11BrFNO2. The molecule has 0 aliphatic carbocycles. The molecule has 0 unspecified atom stereocenters. The van der Waals surface area contributed by atoms with E-state index < -0.39 is 5.82 Å². The topological polar surface area (TPSA) is 46.2 Å². The molecule has 21 heavy (non-hydrogen) atoms. The molecule has 0 bridgehead atoms. The fourth-order valence-corrected chi connectivity index (χ4v) is 2.60. The molecule has 1 aliphatic rings. The second-order valence-electron chi connectivity index (χ2n) is 4.87. The smallest absolute Gasteiger partial charge is 0.224 e. The van der Waals surface area contributed by atoms with E-state index in [1.54, 1.807) is 24.3 Å². The number of fused-ring (bicyclic) bond motifs is 1. The molecule has 106 valence electrons. The van der Waals surface area contributed by atoms with Crippen molar-refractivity contribution in [2.24, 2.45) is 0 Å². The highest BCUT2D eigenvalue weighted by molar-refractivity contribution is 9.10. The van der Waals surface area contributed by atoms with Crippen LogP contribution in [-0.2, 0) is 11.2 Å². The predicted molar refractivity (Wildman–Crippen MR) is 80.9 cm³/mol. The van der Waals surface area contributed by atoms with E-state index >= 15 is 0 Å². The van der Waals surface area contributed by atoms with Crippen molar-refractivity contribution >= 4 is 33.3 Å². The van der Waals surface area contributed by atoms with Gasteiger partial charge in [-0.1, -0.05) is 15.9 Å². The first kappa shape index (κ1) is 13.9. The van der Waals surface area contributed by atoms with Crippen LogP contribution < -0.4 is 5.32 Å². The molecule has 0 fully saturated rings. The van der Waals surface area contributed by atoms with Crippen molar-refractivity contribution in [1.82, 2.24) is 0 Å². The molecule has 2 aromatic rings. The summed E-state index contributed by atoms with van der Waals surface area (Å²) in [6, 6.07) is 9.53. The van der Waals surface area contributed by atoms with Crippen LogP contribution in [0.2, 0.25) is 0 Å². The van der Waals surface area contributed by atoms with Gasteiger partial charge in [-0.25, -0.2) is 4.39 Å². The fraction of sp³-hybridized carbons (Fsp3) is 0.125. The van der Waals surface area contributed by atoms with Crippen molar-refractivity contribution in [3.05, 3.63) is 63.4 Å². The highest BCUT2D eigenvalue weighted by Gasteiger charge is 2.21. The fourth-order valence-electron chi connectivity index (χ4n) is 2.33. The molecule has 2 aromatic carbocycles. The van der Waals surface area contributed by atoms with Gasteiger partial charge in [-0.3, -0.25) is 9.59 Å². The number of hydrogen-bond acceptors (Lipinski definition) is 2. The molecule has 0 aromatic heterocycles. The number of amides is 1. The third kappa shape index (κ3) is 2.74. The van der Waals surface area contributed by atoms with Gasteiger partial charge in [-0.05, 0) is 48.4 Å². The minimum atomic E-state index is -0.621. The number of benzene rings is 2. The van der Waals surface area contributed by atoms with E-state index in [4.69, 9.17) is 0 Å². The van der Waals surface area contributed by atoms with Gasteiger partial charge in [0.1, 0.15) is 5.82 Å². The van der Waals surface area contributed by atoms with Crippen molar-refractivity contribution < 1.29 is 14.0 Å². The summed E-state index contributed by atoms with van der Waals surface area (Å²) in [6.45, 7) is 0. The predicted octanol–water partition coefficient (Wildman–Crippen LogP) is 3.70. The van der Waals surface area contributed by atoms with Crippen molar-refractivity contribution in [2.45, 2.75) is 12.8 Å².